The summed E-state index contributed by atoms with van der Waals surface area (Å²) in [5.74, 6) is -3.87. The molecule has 1 aromatic heterocycles. The largest absolute Gasteiger partial charge is 0.481 e. The molecule has 2 unspecified atom stereocenters. The second kappa shape index (κ2) is 9.80. The Hall–Kier alpha value is -2.81. The van der Waals surface area contributed by atoms with E-state index in [0.29, 0.717) is 25.6 Å². The predicted octanol–water partition coefficient (Wildman–Crippen LogP) is 3.31. The number of unbranched alkanes of at least 4 members (excludes halogenated alkanes) is 2. The molecule has 1 amide bonds. The van der Waals surface area contributed by atoms with Gasteiger partial charge in [0.15, 0.2) is 11.5 Å². The summed E-state index contributed by atoms with van der Waals surface area (Å²) in [7, 11) is 0. The van der Waals surface area contributed by atoms with E-state index in [-0.39, 0.29) is 17.0 Å². The number of amides is 1. The molecule has 3 rings (SSSR count). The highest BCUT2D eigenvalue weighted by molar-refractivity contribution is 5.93. The molecule has 0 bridgehead atoms. The van der Waals surface area contributed by atoms with E-state index in [1.807, 2.05) is 0 Å². The Bertz CT molecular complexity index is 902. The van der Waals surface area contributed by atoms with Crippen molar-refractivity contribution in [2.75, 3.05) is 19.6 Å². The average Bonchev–Trinajstić information content (AvgIpc) is 3.19. The first kappa shape index (κ1) is 21.9. The summed E-state index contributed by atoms with van der Waals surface area (Å²) in [5.41, 5.74) is -0.116. The molecule has 0 saturated carbocycles. The third kappa shape index (κ3) is 5.21. The molecule has 1 aliphatic rings. The molecule has 2 atom stereocenters. The maximum absolute atomic E-state index is 13.9. The molecular weight excluding hydrogens is 396 g/mol. The van der Waals surface area contributed by atoms with Gasteiger partial charge in [-0.25, -0.2) is 8.78 Å². The lowest BCUT2D eigenvalue weighted by Crippen LogP contribution is -2.53. The van der Waals surface area contributed by atoms with Gasteiger partial charge in [0.05, 0.1) is 11.5 Å². The highest BCUT2D eigenvalue weighted by atomic mass is 19.1. The standard InChI is InChI=1S/C21H25F2N3O4/c1-2-3-4-8-26-9-7-17(15(12-26)21(28)29)24-20(27)18-11-19(30-25-18)14-6-5-13(22)10-16(14)23/h5-6,10-11,15,17H,2-4,7-9,12H2,1H3,(H,24,27)(H,28,29). The summed E-state index contributed by atoms with van der Waals surface area (Å²) in [5, 5.41) is 16.0. The van der Waals surface area contributed by atoms with Crippen molar-refractivity contribution in [3.63, 3.8) is 0 Å². The van der Waals surface area contributed by atoms with Crippen LogP contribution in [-0.4, -0.2) is 52.7 Å². The fourth-order valence-corrected chi connectivity index (χ4v) is 3.67. The zero-order valence-corrected chi connectivity index (χ0v) is 16.7. The number of halogens is 2. The second-order valence-corrected chi connectivity index (χ2v) is 7.52. The Labute approximate surface area is 173 Å². The number of carboxylic acid groups (broad SMARTS) is 1. The van der Waals surface area contributed by atoms with Crippen LogP contribution in [0.25, 0.3) is 11.3 Å². The number of carbonyl (C=O) groups is 2. The van der Waals surface area contributed by atoms with Crippen LogP contribution in [-0.2, 0) is 4.79 Å². The fourth-order valence-electron chi connectivity index (χ4n) is 3.67. The van der Waals surface area contributed by atoms with Gasteiger partial charge in [-0.15, -0.1) is 0 Å². The summed E-state index contributed by atoms with van der Waals surface area (Å²) in [6, 6.07) is 3.69. The SMILES string of the molecule is CCCCCN1CCC(NC(=O)c2cc(-c3ccc(F)cc3F)on2)C(C(=O)O)C1. The molecule has 0 spiro atoms. The fraction of sp³-hybridized carbons (Fsp3) is 0.476. The molecule has 9 heteroatoms. The predicted molar refractivity (Wildman–Crippen MR) is 105 cm³/mol. The van der Waals surface area contributed by atoms with Crippen molar-refractivity contribution in [1.29, 1.82) is 0 Å². The van der Waals surface area contributed by atoms with Gasteiger partial charge in [-0.3, -0.25) is 9.59 Å². The van der Waals surface area contributed by atoms with Gasteiger partial charge in [0.2, 0.25) is 0 Å². The van der Waals surface area contributed by atoms with Crippen LogP contribution in [0.2, 0.25) is 0 Å². The molecule has 7 nitrogen and oxygen atoms in total. The number of piperidine rings is 1. The number of likely N-dealkylation sites (tertiary alicyclic amines) is 1. The van der Waals surface area contributed by atoms with Gasteiger partial charge in [-0.05, 0) is 31.5 Å². The molecular formula is C21H25F2N3O4. The average molecular weight is 421 g/mol. The van der Waals surface area contributed by atoms with E-state index >= 15 is 0 Å². The first-order chi connectivity index (χ1) is 14.4. The van der Waals surface area contributed by atoms with Gasteiger partial charge in [0, 0.05) is 31.3 Å². The zero-order valence-electron chi connectivity index (χ0n) is 16.7. The summed E-state index contributed by atoms with van der Waals surface area (Å²) in [6.07, 6.45) is 3.71. The van der Waals surface area contributed by atoms with E-state index in [9.17, 15) is 23.5 Å². The van der Waals surface area contributed by atoms with Crippen LogP contribution in [0.5, 0.6) is 0 Å². The lowest BCUT2D eigenvalue weighted by atomic mass is 9.91. The highest BCUT2D eigenvalue weighted by Gasteiger charge is 2.35. The summed E-state index contributed by atoms with van der Waals surface area (Å²) in [4.78, 5) is 26.4. The van der Waals surface area contributed by atoms with Crippen LogP contribution in [0, 0.1) is 17.6 Å². The van der Waals surface area contributed by atoms with Crippen LogP contribution >= 0.6 is 0 Å². The van der Waals surface area contributed by atoms with Crippen LogP contribution in [0.1, 0.15) is 43.1 Å². The van der Waals surface area contributed by atoms with Crippen molar-refractivity contribution in [1.82, 2.24) is 15.4 Å². The highest BCUT2D eigenvalue weighted by Crippen LogP contribution is 2.25. The number of nitrogens with one attached hydrogen (secondary N) is 1. The first-order valence-corrected chi connectivity index (χ1v) is 10.1. The number of nitrogens with zero attached hydrogens (tertiary/aromatic N) is 2. The lowest BCUT2D eigenvalue weighted by Gasteiger charge is -2.36. The van der Waals surface area contributed by atoms with E-state index in [1.54, 1.807) is 0 Å². The molecule has 1 fully saturated rings. The zero-order chi connectivity index (χ0) is 21.7. The summed E-state index contributed by atoms with van der Waals surface area (Å²) in [6.45, 7) is 4.02. The Morgan fingerprint density at radius 2 is 2.10 bits per heavy atom. The minimum atomic E-state index is -0.963. The van der Waals surface area contributed by atoms with E-state index in [1.165, 1.54) is 12.1 Å². The van der Waals surface area contributed by atoms with Crippen molar-refractivity contribution < 1.29 is 28.0 Å². The second-order valence-electron chi connectivity index (χ2n) is 7.52. The van der Waals surface area contributed by atoms with Crippen LogP contribution in [0.15, 0.2) is 28.8 Å². The third-order valence-corrected chi connectivity index (χ3v) is 5.35. The summed E-state index contributed by atoms with van der Waals surface area (Å²) >= 11 is 0. The topological polar surface area (TPSA) is 95.7 Å². The van der Waals surface area contributed by atoms with Crippen LogP contribution in [0.4, 0.5) is 8.78 Å². The molecule has 1 aromatic carbocycles. The molecule has 0 aliphatic carbocycles. The maximum atomic E-state index is 13.9. The van der Waals surface area contributed by atoms with Gasteiger partial charge < -0.3 is 19.8 Å². The monoisotopic (exact) mass is 421 g/mol. The Kier molecular flexibility index (Phi) is 7.15. The molecule has 1 saturated heterocycles. The number of aliphatic carboxylic acids is 1. The number of hydrogen-bond acceptors (Lipinski definition) is 5. The number of benzene rings is 1. The lowest BCUT2D eigenvalue weighted by molar-refractivity contribution is -0.144. The number of hydrogen-bond donors (Lipinski definition) is 2. The Balaban J connectivity index is 1.65. The molecule has 2 aromatic rings. The molecule has 0 radical (unpaired) electrons. The van der Waals surface area contributed by atoms with Crippen LogP contribution in [0.3, 0.4) is 0 Å². The van der Waals surface area contributed by atoms with E-state index in [2.05, 4.69) is 22.3 Å². The molecule has 1 aliphatic heterocycles. The van der Waals surface area contributed by atoms with Gasteiger partial charge in [-0.1, -0.05) is 24.9 Å². The molecule has 2 N–H and O–H groups in total. The van der Waals surface area contributed by atoms with Gasteiger partial charge in [0.25, 0.3) is 5.91 Å². The van der Waals surface area contributed by atoms with Crippen molar-refractivity contribution >= 4 is 11.9 Å². The van der Waals surface area contributed by atoms with E-state index < -0.39 is 35.5 Å². The van der Waals surface area contributed by atoms with Crippen molar-refractivity contribution in [3.05, 3.63) is 41.6 Å². The Morgan fingerprint density at radius 1 is 1.30 bits per heavy atom. The molecule has 30 heavy (non-hydrogen) atoms. The molecule has 162 valence electrons. The van der Waals surface area contributed by atoms with Crippen molar-refractivity contribution in [2.45, 2.75) is 38.6 Å². The van der Waals surface area contributed by atoms with Crippen molar-refractivity contribution in [2.24, 2.45) is 5.92 Å². The van der Waals surface area contributed by atoms with E-state index in [0.717, 1.165) is 31.9 Å². The normalized spacial score (nSPS) is 19.6. The van der Waals surface area contributed by atoms with E-state index in [4.69, 9.17) is 4.52 Å². The van der Waals surface area contributed by atoms with Crippen molar-refractivity contribution in [3.8, 4) is 11.3 Å². The minimum Gasteiger partial charge on any atom is -0.481 e. The maximum Gasteiger partial charge on any atom is 0.309 e. The molecule has 2 heterocycles. The van der Waals surface area contributed by atoms with Crippen LogP contribution < -0.4 is 5.32 Å². The number of aromatic nitrogens is 1. The van der Waals surface area contributed by atoms with Gasteiger partial charge in [0.1, 0.15) is 11.6 Å². The smallest absolute Gasteiger partial charge is 0.309 e. The minimum absolute atomic E-state index is 0.0156. The quantitative estimate of drug-likeness (QED) is 0.635. The summed E-state index contributed by atoms with van der Waals surface area (Å²) < 4.78 is 32.0. The first-order valence-electron chi connectivity index (χ1n) is 10.1. The third-order valence-electron chi connectivity index (χ3n) is 5.35. The van der Waals surface area contributed by atoms with Gasteiger partial charge in [-0.2, -0.15) is 0 Å². The van der Waals surface area contributed by atoms with Gasteiger partial charge >= 0.3 is 5.97 Å². The number of rotatable bonds is 8. The number of carboxylic acids is 1. The Morgan fingerprint density at radius 3 is 2.80 bits per heavy atom. The number of carbonyl (C=O) groups excluding carboxylic acids is 1.